The molecular formula is C12H24O12. The van der Waals surface area contributed by atoms with E-state index in [2.05, 4.69) is 0 Å². The molecule has 2 aliphatic rings. The first-order valence-corrected chi connectivity index (χ1v) is 7.08. The SMILES string of the molecule is O.OC[C@H]1O[C@H](O[C@H]2O[C@H](CO)[C@@H](O)[C@H](O)[C@H]2O)[C@H](O)[C@@H](O)[C@@H]1O. The quantitative estimate of drug-likeness (QED) is 0.235. The molecule has 0 unspecified atom stereocenters. The normalized spacial score (nSPS) is 49.5. The molecule has 12 heteroatoms. The molecule has 0 aliphatic carbocycles. The number of hydrogen-bond donors (Lipinski definition) is 8. The van der Waals surface area contributed by atoms with Crippen molar-refractivity contribution in [1.29, 1.82) is 0 Å². The van der Waals surface area contributed by atoms with Crippen LogP contribution in [-0.4, -0.2) is 121 Å². The maximum Gasteiger partial charge on any atom is 0.189 e. The summed E-state index contributed by atoms with van der Waals surface area (Å²) < 4.78 is 15.3. The van der Waals surface area contributed by atoms with Gasteiger partial charge in [0.25, 0.3) is 0 Å². The minimum absolute atomic E-state index is 0. The summed E-state index contributed by atoms with van der Waals surface area (Å²) >= 11 is 0. The van der Waals surface area contributed by atoms with Crippen molar-refractivity contribution in [3.05, 3.63) is 0 Å². The number of rotatable bonds is 4. The van der Waals surface area contributed by atoms with Gasteiger partial charge in [0, 0.05) is 0 Å². The first kappa shape index (κ1) is 21.6. The van der Waals surface area contributed by atoms with Crippen LogP contribution in [0.15, 0.2) is 0 Å². The fraction of sp³-hybridized carbons (Fsp3) is 1.00. The highest BCUT2D eigenvalue weighted by Crippen LogP contribution is 2.27. The predicted octanol–water partition coefficient (Wildman–Crippen LogP) is -6.22. The highest BCUT2D eigenvalue weighted by atomic mass is 16.8. The van der Waals surface area contributed by atoms with Gasteiger partial charge in [-0.05, 0) is 0 Å². The van der Waals surface area contributed by atoms with Crippen LogP contribution in [0.2, 0.25) is 0 Å². The second kappa shape index (κ2) is 8.75. The van der Waals surface area contributed by atoms with E-state index in [-0.39, 0.29) is 5.48 Å². The Balaban J connectivity index is 0.00000288. The maximum atomic E-state index is 9.84. The zero-order valence-corrected chi connectivity index (χ0v) is 12.5. The van der Waals surface area contributed by atoms with Crippen LogP contribution in [0.5, 0.6) is 0 Å². The van der Waals surface area contributed by atoms with Gasteiger partial charge < -0.3 is 60.5 Å². The Bertz CT molecular complexity index is 345. The van der Waals surface area contributed by atoms with Crippen LogP contribution in [-0.2, 0) is 14.2 Å². The molecule has 2 fully saturated rings. The summed E-state index contributed by atoms with van der Waals surface area (Å²) in [7, 11) is 0. The molecule has 0 bridgehead atoms. The van der Waals surface area contributed by atoms with Crippen molar-refractivity contribution in [2.45, 2.75) is 61.4 Å². The van der Waals surface area contributed by atoms with Crippen molar-refractivity contribution in [3.8, 4) is 0 Å². The third kappa shape index (κ3) is 4.01. The van der Waals surface area contributed by atoms with Gasteiger partial charge >= 0.3 is 0 Å². The van der Waals surface area contributed by atoms with E-state index < -0.39 is 74.6 Å². The lowest BCUT2D eigenvalue weighted by Gasteiger charge is -2.44. The Morgan fingerprint density at radius 2 is 0.917 bits per heavy atom. The van der Waals surface area contributed by atoms with E-state index in [1.807, 2.05) is 0 Å². The molecule has 10 atom stereocenters. The summed E-state index contributed by atoms with van der Waals surface area (Å²) in [6.45, 7) is -1.33. The van der Waals surface area contributed by atoms with Crippen LogP contribution in [0.4, 0.5) is 0 Å². The van der Waals surface area contributed by atoms with E-state index >= 15 is 0 Å². The predicted molar refractivity (Wildman–Crippen MR) is 72.2 cm³/mol. The lowest BCUT2D eigenvalue weighted by Crippen LogP contribution is -2.63. The summed E-state index contributed by atoms with van der Waals surface area (Å²) in [5.74, 6) is 0. The minimum atomic E-state index is -1.72. The maximum absolute atomic E-state index is 9.84. The summed E-state index contributed by atoms with van der Waals surface area (Å²) in [6, 6.07) is 0. The molecule has 2 aliphatic heterocycles. The number of ether oxygens (including phenoxy) is 3. The van der Waals surface area contributed by atoms with E-state index in [0.29, 0.717) is 0 Å². The van der Waals surface area contributed by atoms with E-state index in [0.717, 1.165) is 0 Å². The molecule has 2 rings (SSSR count). The molecule has 0 spiro atoms. The van der Waals surface area contributed by atoms with Gasteiger partial charge in [-0.1, -0.05) is 0 Å². The van der Waals surface area contributed by atoms with E-state index in [1.165, 1.54) is 0 Å². The molecule has 0 radical (unpaired) electrons. The second-order valence-corrected chi connectivity index (χ2v) is 5.53. The summed E-state index contributed by atoms with van der Waals surface area (Å²) in [4.78, 5) is 0. The lowest BCUT2D eigenvalue weighted by molar-refractivity contribution is -0.376. The van der Waals surface area contributed by atoms with Crippen molar-refractivity contribution in [3.63, 3.8) is 0 Å². The Kier molecular flexibility index (Phi) is 7.86. The van der Waals surface area contributed by atoms with Crippen LogP contribution in [0.3, 0.4) is 0 Å². The third-order valence-corrected chi connectivity index (χ3v) is 3.97. The van der Waals surface area contributed by atoms with Crippen LogP contribution in [0.25, 0.3) is 0 Å². The minimum Gasteiger partial charge on any atom is -0.412 e. The van der Waals surface area contributed by atoms with Gasteiger partial charge in [0.1, 0.15) is 48.8 Å². The molecule has 2 saturated heterocycles. The molecule has 0 aromatic carbocycles. The van der Waals surface area contributed by atoms with Crippen molar-refractivity contribution in [1.82, 2.24) is 0 Å². The Morgan fingerprint density at radius 1 is 0.583 bits per heavy atom. The van der Waals surface area contributed by atoms with Crippen molar-refractivity contribution in [2.75, 3.05) is 13.2 Å². The molecule has 0 aromatic rings. The number of hydrogen-bond acceptors (Lipinski definition) is 11. The van der Waals surface area contributed by atoms with Crippen LogP contribution in [0.1, 0.15) is 0 Å². The molecule has 0 saturated carbocycles. The fourth-order valence-corrected chi connectivity index (χ4v) is 2.49. The Labute approximate surface area is 136 Å². The highest BCUT2D eigenvalue weighted by molar-refractivity contribution is 4.92. The first-order valence-electron chi connectivity index (χ1n) is 7.08. The van der Waals surface area contributed by atoms with Crippen LogP contribution >= 0.6 is 0 Å². The average molecular weight is 360 g/mol. The average Bonchev–Trinajstić information content (AvgIpc) is 2.55. The number of aliphatic hydroxyl groups excluding tert-OH is 8. The monoisotopic (exact) mass is 360 g/mol. The molecular weight excluding hydrogens is 336 g/mol. The van der Waals surface area contributed by atoms with Gasteiger partial charge in [-0.3, -0.25) is 0 Å². The molecule has 24 heavy (non-hydrogen) atoms. The lowest BCUT2D eigenvalue weighted by atomic mass is 9.98. The van der Waals surface area contributed by atoms with E-state index in [4.69, 9.17) is 24.4 Å². The topological polar surface area (TPSA) is 221 Å². The standard InChI is InChI=1S/C12H22O11.H2O/c13-1-3-5(15)7(17)9(19)11(21-3)23-12-10(20)8(18)6(16)4(2-14)22-12;/h3-20H,1-2H2;1H2/t3-,4-,5-,6-,7+,8+,9-,10-,11-,12-;/m1./s1. The van der Waals surface area contributed by atoms with Gasteiger partial charge in [-0.25, -0.2) is 0 Å². The van der Waals surface area contributed by atoms with E-state index in [1.54, 1.807) is 0 Å². The highest BCUT2D eigenvalue weighted by Gasteiger charge is 2.49. The van der Waals surface area contributed by atoms with Gasteiger partial charge in [-0.2, -0.15) is 0 Å². The molecule has 144 valence electrons. The first-order chi connectivity index (χ1) is 10.8. The number of aliphatic hydroxyl groups is 8. The van der Waals surface area contributed by atoms with Gasteiger partial charge in [0.2, 0.25) is 0 Å². The summed E-state index contributed by atoms with van der Waals surface area (Å²) in [5, 5.41) is 76.4. The largest absolute Gasteiger partial charge is 0.412 e. The van der Waals surface area contributed by atoms with Crippen LogP contribution in [0, 0.1) is 0 Å². The summed E-state index contributed by atoms with van der Waals surface area (Å²) in [6.07, 6.45) is -15.6. The fourth-order valence-electron chi connectivity index (χ4n) is 2.49. The van der Waals surface area contributed by atoms with Gasteiger partial charge in [0.15, 0.2) is 12.6 Å². The van der Waals surface area contributed by atoms with Crippen LogP contribution < -0.4 is 0 Å². The Hall–Kier alpha value is -0.480. The van der Waals surface area contributed by atoms with E-state index in [9.17, 15) is 30.6 Å². The van der Waals surface area contributed by atoms with Crippen molar-refractivity contribution in [2.24, 2.45) is 0 Å². The third-order valence-electron chi connectivity index (χ3n) is 3.97. The van der Waals surface area contributed by atoms with Gasteiger partial charge in [0.05, 0.1) is 13.2 Å². The van der Waals surface area contributed by atoms with Crippen molar-refractivity contribution >= 4 is 0 Å². The Morgan fingerprint density at radius 3 is 1.21 bits per heavy atom. The molecule has 10 N–H and O–H groups in total. The zero-order chi connectivity index (χ0) is 17.3. The zero-order valence-electron chi connectivity index (χ0n) is 12.5. The van der Waals surface area contributed by atoms with Gasteiger partial charge in [-0.15, -0.1) is 0 Å². The second-order valence-electron chi connectivity index (χ2n) is 5.53. The molecule has 12 nitrogen and oxygen atoms in total. The molecule has 0 amide bonds. The molecule has 2 heterocycles. The summed E-state index contributed by atoms with van der Waals surface area (Å²) in [5.41, 5.74) is 0. The molecule has 0 aromatic heterocycles. The smallest absolute Gasteiger partial charge is 0.189 e. The van der Waals surface area contributed by atoms with Crippen molar-refractivity contribution < 1.29 is 60.5 Å².